The first-order valence-corrected chi connectivity index (χ1v) is 9.27. The van der Waals surface area contributed by atoms with Crippen LogP contribution in [0.2, 0.25) is 0 Å². The summed E-state index contributed by atoms with van der Waals surface area (Å²) in [4.78, 5) is 28.9. The molecule has 2 unspecified atom stereocenters. The summed E-state index contributed by atoms with van der Waals surface area (Å²) in [6.45, 7) is 4.03. The van der Waals surface area contributed by atoms with Crippen molar-refractivity contribution in [3.05, 3.63) is 53.7 Å². The zero-order valence-electron chi connectivity index (χ0n) is 15.8. The summed E-state index contributed by atoms with van der Waals surface area (Å²) in [6, 6.07) is 8.26. The lowest BCUT2D eigenvalue weighted by Gasteiger charge is -2.16. The number of hydrogen-bond donors (Lipinski definition) is 2. The molecule has 1 aromatic heterocycles. The SMILES string of the molecule is CCCCC(N)c1nc(C(=O)NC(Cc2ccccc2)C(=O)OCC)co1. The van der Waals surface area contributed by atoms with Crippen molar-refractivity contribution in [2.24, 2.45) is 5.73 Å². The van der Waals surface area contributed by atoms with Gasteiger partial charge in [0.1, 0.15) is 12.3 Å². The molecule has 3 N–H and O–H groups in total. The van der Waals surface area contributed by atoms with Crippen molar-refractivity contribution in [1.82, 2.24) is 10.3 Å². The number of rotatable bonds is 10. The average Bonchev–Trinajstić information content (AvgIpc) is 3.17. The van der Waals surface area contributed by atoms with Gasteiger partial charge in [-0.25, -0.2) is 9.78 Å². The first-order chi connectivity index (χ1) is 13.0. The Morgan fingerprint density at radius 1 is 1.26 bits per heavy atom. The van der Waals surface area contributed by atoms with E-state index < -0.39 is 17.9 Å². The lowest BCUT2D eigenvalue weighted by atomic mass is 10.1. The minimum atomic E-state index is -0.811. The Morgan fingerprint density at radius 2 is 2.00 bits per heavy atom. The van der Waals surface area contributed by atoms with Gasteiger partial charge in [0.2, 0.25) is 5.89 Å². The minimum Gasteiger partial charge on any atom is -0.464 e. The molecule has 0 saturated heterocycles. The molecule has 0 saturated carbocycles. The zero-order valence-corrected chi connectivity index (χ0v) is 15.8. The van der Waals surface area contributed by atoms with Crippen molar-refractivity contribution in [1.29, 1.82) is 0 Å². The van der Waals surface area contributed by atoms with Crippen molar-refractivity contribution in [3.8, 4) is 0 Å². The Morgan fingerprint density at radius 3 is 2.67 bits per heavy atom. The zero-order chi connectivity index (χ0) is 19.6. The third kappa shape index (κ3) is 6.21. The van der Waals surface area contributed by atoms with Crippen LogP contribution >= 0.6 is 0 Å². The van der Waals surface area contributed by atoms with Crippen LogP contribution in [0.1, 0.15) is 61.1 Å². The van der Waals surface area contributed by atoms with Crippen LogP contribution in [0, 0.1) is 0 Å². The highest BCUT2D eigenvalue weighted by molar-refractivity contribution is 5.95. The number of oxazole rings is 1. The normalized spacial score (nSPS) is 13.0. The quantitative estimate of drug-likeness (QED) is 0.620. The maximum atomic E-state index is 12.5. The number of nitrogens with zero attached hydrogens (tertiary/aromatic N) is 1. The van der Waals surface area contributed by atoms with Crippen LogP contribution in [0.15, 0.2) is 41.0 Å². The number of carbonyl (C=O) groups is 2. The van der Waals surface area contributed by atoms with E-state index in [9.17, 15) is 9.59 Å². The van der Waals surface area contributed by atoms with E-state index in [4.69, 9.17) is 14.9 Å². The van der Waals surface area contributed by atoms with Gasteiger partial charge in [0, 0.05) is 6.42 Å². The molecule has 2 atom stereocenters. The fourth-order valence-corrected chi connectivity index (χ4v) is 2.63. The van der Waals surface area contributed by atoms with Crippen LogP contribution in [-0.4, -0.2) is 29.5 Å². The van der Waals surface area contributed by atoms with E-state index in [0.717, 1.165) is 24.8 Å². The number of nitrogens with one attached hydrogen (secondary N) is 1. The smallest absolute Gasteiger partial charge is 0.328 e. The van der Waals surface area contributed by atoms with Crippen molar-refractivity contribution in [2.45, 2.75) is 51.6 Å². The fourth-order valence-electron chi connectivity index (χ4n) is 2.63. The molecule has 0 fully saturated rings. The molecule has 1 aromatic carbocycles. The van der Waals surface area contributed by atoms with Crippen molar-refractivity contribution < 1.29 is 18.7 Å². The molecule has 0 aliphatic heterocycles. The Balaban J connectivity index is 2.06. The molecule has 7 nitrogen and oxygen atoms in total. The second-order valence-electron chi connectivity index (χ2n) is 6.29. The van der Waals surface area contributed by atoms with Gasteiger partial charge in [-0.2, -0.15) is 0 Å². The van der Waals surface area contributed by atoms with Crippen LogP contribution in [-0.2, 0) is 16.0 Å². The largest absolute Gasteiger partial charge is 0.464 e. The highest BCUT2D eigenvalue weighted by Crippen LogP contribution is 2.16. The van der Waals surface area contributed by atoms with Gasteiger partial charge in [0.05, 0.1) is 12.6 Å². The van der Waals surface area contributed by atoms with Crippen molar-refractivity contribution >= 4 is 11.9 Å². The third-order valence-corrected chi connectivity index (χ3v) is 4.10. The summed E-state index contributed by atoms with van der Waals surface area (Å²) in [6.07, 6.45) is 4.29. The van der Waals surface area contributed by atoms with Gasteiger partial charge < -0.3 is 20.2 Å². The number of unbranched alkanes of at least 4 members (excludes halogenated alkanes) is 1. The Hall–Kier alpha value is -2.67. The number of benzene rings is 1. The molecule has 146 valence electrons. The number of ether oxygens (including phenoxy) is 1. The first-order valence-electron chi connectivity index (χ1n) is 9.27. The first kappa shape index (κ1) is 20.6. The van der Waals surface area contributed by atoms with Gasteiger partial charge in [0.25, 0.3) is 5.91 Å². The fraction of sp³-hybridized carbons (Fsp3) is 0.450. The number of nitrogens with two attached hydrogens (primary N) is 1. The number of esters is 1. The van der Waals surface area contributed by atoms with Crippen molar-refractivity contribution in [2.75, 3.05) is 6.61 Å². The van der Waals surface area contributed by atoms with Crippen LogP contribution in [0.4, 0.5) is 0 Å². The van der Waals surface area contributed by atoms with Crippen LogP contribution in [0.25, 0.3) is 0 Å². The molecule has 2 rings (SSSR count). The lowest BCUT2D eigenvalue weighted by Crippen LogP contribution is -2.43. The lowest BCUT2D eigenvalue weighted by molar-refractivity contribution is -0.145. The maximum Gasteiger partial charge on any atom is 0.328 e. The Bertz CT molecular complexity index is 730. The summed E-state index contributed by atoms with van der Waals surface area (Å²) < 4.78 is 10.4. The third-order valence-electron chi connectivity index (χ3n) is 4.10. The molecule has 0 spiro atoms. The van der Waals surface area contributed by atoms with Gasteiger partial charge in [-0.05, 0) is 18.9 Å². The molecule has 7 heteroatoms. The molecule has 27 heavy (non-hydrogen) atoms. The predicted octanol–water partition coefficient (Wildman–Crippen LogP) is 2.77. The number of aromatic nitrogens is 1. The second-order valence-corrected chi connectivity index (χ2v) is 6.29. The van der Waals surface area contributed by atoms with E-state index in [0.29, 0.717) is 12.3 Å². The van der Waals surface area contributed by atoms with E-state index in [2.05, 4.69) is 17.2 Å². The van der Waals surface area contributed by atoms with Crippen LogP contribution < -0.4 is 11.1 Å². The summed E-state index contributed by atoms with van der Waals surface area (Å²) in [5, 5.41) is 2.69. The molecule has 0 aliphatic carbocycles. The summed E-state index contributed by atoms with van der Waals surface area (Å²) >= 11 is 0. The van der Waals surface area contributed by atoms with E-state index >= 15 is 0 Å². The molecule has 1 amide bonds. The average molecular weight is 373 g/mol. The Labute approximate surface area is 159 Å². The van der Waals surface area contributed by atoms with E-state index in [1.807, 2.05) is 30.3 Å². The van der Waals surface area contributed by atoms with Gasteiger partial charge >= 0.3 is 5.97 Å². The molecule has 1 heterocycles. The van der Waals surface area contributed by atoms with E-state index in [1.54, 1.807) is 6.92 Å². The number of hydrogen-bond acceptors (Lipinski definition) is 6. The van der Waals surface area contributed by atoms with E-state index in [-0.39, 0.29) is 18.3 Å². The summed E-state index contributed by atoms with van der Waals surface area (Å²) in [5.74, 6) is -0.663. The van der Waals surface area contributed by atoms with Crippen molar-refractivity contribution in [3.63, 3.8) is 0 Å². The number of amides is 1. The molecule has 0 aliphatic rings. The molecule has 0 radical (unpaired) electrons. The molecular weight excluding hydrogens is 346 g/mol. The second kappa shape index (κ2) is 10.5. The summed E-state index contributed by atoms with van der Waals surface area (Å²) in [5.41, 5.74) is 7.04. The van der Waals surface area contributed by atoms with Gasteiger partial charge in [-0.15, -0.1) is 0 Å². The standard InChI is InChI=1S/C20H27N3O4/c1-3-5-11-15(21)19-23-17(13-27-19)18(24)22-16(20(25)26-4-2)12-14-9-7-6-8-10-14/h6-10,13,15-16H,3-5,11-12,21H2,1-2H3,(H,22,24). The van der Waals surface area contributed by atoms with Crippen LogP contribution in [0.3, 0.4) is 0 Å². The number of carbonyl (C=O) groups excluding carboxylic acids is 2. The van der Waals surface area contributed by atoms with Gasteiger partial charge in [-0.1, -0.05) is 50.1 Å². The Kier molecular flexibility index (Phi) is 8.00. The topological polar surface area (TPSA) is 107 Å². The molecular formula is C20H27N3O4. The maximum absolute atomic E-state index is 12.5. The minimum absolute atomic E-state index is 0.0966. The summed E-state index contributed by atoms with van der Waals surface area (Å²) in [7, 11) is 0. The van der Waals surface area contributed by atoms with Gasteiger partial charge in [-0.3, -0.25) is 4.79 Å². The van der Waals surface area contributed by atoms with E-state index in [1.165, 1.54) is 6.26 Å². The molecule has 0 bridgehead atoms. The molecule has 2 aromatic rings. The van der Waals surface area contributed by atoms with Crippen LogP contribution in [0.5, 0.6) is 0 Å². The highest BCUT2D eigenvalue weighted by Gasteiger charge is 2.25. The predicted molar refractivity (Wildman–Crippen MR) is 101 cm³/mol. The highest BCUT2D eigenvalue weighted by atomic mass is 16.5. The van der Waals surface area contributed by atoms with Gasteiger partial charge in [0.15, 0.2) is 5.69 Å². The monoisotopic (exact) mass is 373 g/mol.